The zero-order valence-corrected chi connectivity index (χ0v) is 17.7. The fourth-order valence-electron chi connectivity index (χ4n) is 3.49. The quantitative estimate of drug-likeness (QED) is 0.346. The maximum Gasteiger partial charge on any atom is 0.416 e. The number of hydrogen-bond acceptors (Lipinski definition) is 3. The Hall–Kier alpha value is -3.40. The minimum Gasteiger partial charge on any atom is -0.462 e. The number of nitrogens with zero attached hydrogens (tertiary/aromatic N) is 1. The van der Waals surface area contributed by atoms with E-state index in [1.807, 2.05) is 0 Å². The van der Waals surface area contributed by atoms with Crippen LogP contribution in [0.25, 0.3) is 16.6 Å². The fraction of sp³-hybridized carbons (Fsp3) is 0.292. The lowest BCUT2D eigenvalue weighted by Crippen LogP contribution is -2.19. The lowest BCUT2D eigenvalue weighted by Gasteiger charge is -2.24. The van der Waals surface area contributed by atoms with Gasteiger partial charge in [-0.15, -0.1) is 0 Å². The number of carbonyl (C=O) groups is 1. The number of nitrogens with two attached hydrogens (primary N) is 1. The fourth-order valence-corrected chi connectivity index (χ4v) is 3.49. The Kier molecular flexibility index (Phi) is 5.77. The van der Waals surface area contributed by atoms with Crippen LogP contribution in [0.4, 0.5) is 13.2 Å². The second-order valence-corrected chi connectivity index (χ2v) is 8.11. The Balaban J connectivity index is 2.27. The van der Waals surface area contributed by atoms with Gasteiger partial charge >= 0.3 is 12.1 Å². The van der Waals surface area contributed by atoms with Crippen molar-refractivity contribution >= 4 is 16.9 Å². The lowest BCUT2D eigenvalue weighted by atomic mass is 9.82. The molecule has 0 saturated heterocycles. The number of alkyl halides is 3. The summed E-state index contributed by atoms with van der Waals surface area (Å²) in [6, 6.07) is 11.5. The Morgan fingerprint density at radius 2 is 1.74 bits per heavy atom. The van der Waals surface area contributed by atoms with Crippen molar-refractivity contribution in [2.45, 2.75) is 39.3 Å². The maximum absolute atomic E-state index is 13.9. The number of halogens is 3. The van der Waals surface area contributed by atoms with E-state index < -0.39 is 23.1 Å². The third-order valence-corrected chi connectivity index (χ3v) is 4.92. The predicted molar refractivity (Wildman–Crippen MR) is 114 cm³/mol. The maximum atomic E-state index is 13.9. The molecule has 0 aliphatic carbocycles. The molecule has 0 bridgehead atoms. The van der Waals surface area contributed by atoms with E-state index in [-0.39, 0.29) is 12.2 Å². The molecular formula is C24H23F3N2O2. The average molecular weight is 428 g/mol. The zero-order chi connectivity index (χ0) is 23.0. The van der Waals surface area contributed by atoms with Crippen LogP contribution in [0.15, 0.2) is 42.6 Å². The predicted octanol–water partition coefficient (Wildman–Crippen LogP) is 5.39. The standard InChI is InChI=1S/C24H23F3N2O2/c1-5-31-22(30)15-6-8-17(9-7-15)29-14-16(10-11-28)18-12-19(23(2,3)4)20(13-21(18)29)24(25,26)27/h6-9,12-14H,5,28H2,1-4H3. The largest absolute Gasteiger partial charge is 0.462 e. The third kappa shape index (κ3) is 4.38. The summed E-state index contributed by atoms with van der Waals surface area (Å²) in [5.41, 5.74) is 5.98. The molecule has 0 saturated carbocycles. The average Bonchev–Trinajstić information content (AvgIpc) is 3.04. The van der Waals surface area contributed by atoms with E-state index in [4.69, 9.17) is 10.5 Å². The molecule has 0 spiro atoms. The Morgan fingerprint density at radius 3 is 2.26 bits per heavy atom. The van der Waals surface area contributed by atoms with Crippen molar-refractivity contribution < 1.29 is 22.7 Å². The van der Waals surface area contributed by atoms with Gasteiger partial charge in [0.1, 0.15) is 0 Å². The van der Waals surface area contributed by atoms with E-state index in [0.29, 0.717) is 27.7 Å². The molecule has 7 heteroatoms. The van der Waals surface area contributed by atoms with Crippen molar-refractivity contribution in [1.82, 2.24) is 4.57 Å². The van der Waals surface area contributed by atoms with E-state index >= 15 is 0 Å². The first-order valence-electron chi connectivity index (χ1n) is 9.73. The van der Waals surface area contributed by atoms with Crippen molar-refractivity contribution in [1.29, 1.82) is 0 Å². The molecule has 0 fully saturated rings. The number of hydrogen-bond donors (Lipinski definition) is 1. The minimum atomic E-state index is -4.51. The summed E-state index contributed by atoms with van der Waals surface area (Å²) in [4.78, 5) is 11.9. The second kappa shape index (κ2) is 8.03. The summed E-state index contributed by atoms with van der Waals surface area (Å²) in [6.07, 6.45) is -2.87. The number of esters is 1. The molecule has 0 aliphatic rings. The van der Waals surface area contributed by atoms with Gasteiger partial charge in [-0.3, -0.25) is 0 Å². The number of fused-ring (bicyclic) bond motifs is 1. The molecule has 3 aromatic rings. The van der Waals surface area contributed by atoms with E-state index in [1.165, 1.54) is 0 Å². The van der Waals surface area contributed by atoms with Crippen LogP contribution in [-0.2, 0) is 16.3 Å². The van der Waals surface area contributed by atoms with Crippen LogP contribution >= 0.6 is 0 Å². The third-order valence-electron chi connectivity index (χ3n) is 4.92. The molecule has 0 aliphatic heterocycles. The summed E-state index contributed by atoms with van der Waals surface area (Å²) in [5.74, 6) is 2.31. The topological polar surface area (TPSA) is 57.2 Å². The molecular weight excluding hydrogens is 405 g/mol. The van der Waals surface area contributed by atoms with Gasteiger partial charge in [0, 0.05) is 23.3 Å². The second-order valence-electron chi connectivity index (χ2n) is 8.11. The van der Waals surface area contributed by atoms with Crippen LogP contribution in [0.5, 0.6) is 0 Å². The number of rotatable bonds is 3. The van der Waals surface area contributed by atoms with Gasteiger partial charge in [0.2, 0.25) is 0 Å². The van der Waals surface area contributed by atoms with Crippen LogP contribution < -0.4 is 5.73 Å². The molecule has 0 unspecified atom stereocenters. The van der Waals surface area contributed by atoms with Crippen LogP contribution in [-0.4, -0.2) is 17.1 Å². The first kappa shape index (κ1) is 22.3. The highest BCUT2D eigenvalue weighted by atomic mass is 19.4. The first-order chi connectivity index (χ1) is 14.5. The number of benzene rings is 2. The van der Waals surface area contributed by atoms with Crippen molar-refractivity contribution in [2.75, 3.05) is 6.61 Å². The van der Waals surface area contributed by atoms with Gasteiger partial charge in [0.05, 0.1) is 28.8 Å². The summed E-state index contributed by atoms with van der Waals surface area (Å²) < 4.78 is 48.3. The van der Waals surface area contributed by atoms with Gasteiger partial charge in [0.25, 0.3) is 0 Å². The molecule has 2 N–H and O–H groups in total. The molecule has 0 amide bonds. The summed E-state index contributed by atoms with van der Waals surface area (Å²) >= 11 is 0. The molecule has 3 rings (SSSR count). The first-order valence-corrected chi connectivity index (χ1v) is 9.73. The molecule has 2 aromatic carbocycles. The van der Waals surface area contributed by atoms with Gasteiger partial charge in [-0.2, -0.15) is 13.2 Å². The highest BCUT2D eigenvalue weighted by Crippen LogP contribution is 2.41. The lowest BCUT2D eigenvalue weighted by molar-refractivity contribution is -0.138. The Morgan fingerprint density at radius 1 is 1.10 bits per heavy atom. The van der Waals surface area contributed by atoms with Crippen molar-refractivity contribution in [3.05, 3.63) is 64.8 Å². The Bertz CT molecular complexity index is 1190. The highest BCUT2D eigenvalue weighted by Gasteiger charge is 2.37. The van der Waals surface area contributed by atoms with E-state index in [9.17, 15) is 18.0 Å². The highest BCUT2D eigenvalue weighted by molar-refractivity contribution is 5.91. The molecule has 0 radical (unpaired) electrons. The molecule has 0 atom stereocenters. The van der Waals surface area contributed by atoms with Gasteiger partial charge in [-0.05, 0) is 60.2 Å². The van der Waals surface area contributed by atoms with Crippen molar-refractivity contribution in [2.24, 2.45) is 5.73 Å². The van der Waals surface area contributed by atoms with E-state index in [2.05, 4.69) is 12.0 Å². The number of aromatic nitrogens is 1. The Labute approximate surface area is 178 Å². The number of ether oxygens (including phenoxy) is 1. The molecule has 4 nitrogen and oxygen atoms in total. The van der Waals surface area contributed by atoms with E-state index in [0.717, 1.165) is 6.07 Å². The van der Waals surface area contributed by atoms with Crippen LogP contribution in [0.1, 0.15) is 54.7 Å². The normalized spacial score (nSPS) is 11.8. The van der Waals surface area contributed by atoms with Gasteiger partial charge in [-0.25, -0.2) is 4.79 Å². The summed E-state index contributed by atoms with van der Waals surface area (Å²) in [5, 5.41) is 0.574. The smallest absolute Gasteiger partial charge is 0.416 e. The van der Waals surface area contributed by atoms with Crippen LogP contribution in [0, 0.1) is 12.0 Å². The zero-order valence-electron chi connectivity index (χ0n) is 17.7. The summed E-state index contributed by atoms with van der Waals surface area (Å²) in [6.45, 7) is 7.18. The van der Waals surface area contributed by atoms with E-state index in [1.54, 1.807) is 68.8 Å². The molecule has 1 aromatic heterocycles. The molecule has 162 valence electrons. The molecule has 31 heavy (non-hydrogen) atoms. The van der Waals surface area contributed by atoms with Gasteiger partial charge in [-0.1, -0.05) is 20.8 Å². The van der Waals surface area contributed by atoms with Crippen molar-refractivity contribution in [3.63, 3.8) is 0 Å². The number of carbonyl (C=O) groups excluding carboxylic acids is 1. The van der Waals surface area contributed by atoms with Crippen LogP contribution in [0.3, 0.4) is 0 Å². The van der Waals surface area contributed by atoms with Gasteiger partial charge in [0.15, 0.2) is 0 Å². The van der Waals surface area contributed by atoms with Crippen molar-refractivity contribution in [3.8, 4) is 17.7 Å². The molecule has 1 heterocycles. The van der Waals surface area contributed by atoms with Crippen LogP contribution in [0.2, 0.25) is 0 Å². The minimum absolute atomic E-state index is 0.183. The monoisotopic (exact) mass is 428 g/mol. The summed E-state index contributed by atoms with van der Waals surface area (Å²) in [7, 11) is 0. The van der Waals surface area contributed by atoms with Gasteiger partial charge < -0.3 is 15.0 Å². The SMILES string of the molecule is CCOC(=O)c1ccc(-n2cc(C#CN)c3cc(C(C)(C)C)c(C(F)(F)F)cc32)cc1.